The Hall–Kier alpha value is -1.85. The zero-order chi connectivity index (χ0) is 13.7. The highest BCUT2D eigenvalue weighted by atomic mass is 35.5. The zero-order valence-corrected chi connectivity index (χ0v) is 11.3. The second kappa shape index (κ2) is 6.36. The Morgan fingerprint density at radius 2 is 1.89 bits per heavy atom. The third-order valence-corrected chi connectivity index (χ3v) is 2.44. The van der Waals surface area contributed by atoms with E-state index in [0.29, 0.717) is 17.6 Å². The molecule has 2 rings (SSSR count). The fraction of sp³-hybridized carbons (Fsp3) is 0.0833. The van der Waals surface area contributed by atoms with Crippen molar-refractivity contribution in [3.05, 3.63) is 47.2 Å². The molecule has 0 aliphatic heterocycles. The van der Waals surface area contributed by atoms with Gasteiger partial charge in [-0.15, -0.1) is 0 Å². The van der Waals surface area contributed by atoms with Crippen molar-refractivity contribution in [2.24, 2.45) is 0 Å². The van der Waals surface area contributed by atoms with Gasteiger partial charge in [0.2, 0.25) is 11.2 Å². The lowest BCUT2D eigenvalue weighted by molar-refractivity contribution is 0.332. The average Bonchev–Trinajstić information content (AvgIpc) is 2.38. The standard InChI is InChI=1S/C12H10Cl2N4O/c1-2-7-19-12-17-10(14)16-11(18-12)15-9-5-3-8(13)4-6-9/h2-6H,1,7H2,(H,15,16,17,18). The highest BCUT2D eigenvalue weighted by Gasteiger charge is 2.06. The molecule has 0 spiro atoms. The Labute approximate surface area is 120 Å². The molecule has 2 aromatic rings. The van der Waals surface area contributed by atoms with Gasteiger partial charge in [0.25, 0.3) is 0 Å². The first-order valence-corrected chi connectivity index (χ1v) is 6.11. The van der Waals surface area contributed by atoms with Gasteiger partial charge >= 0.3 is 6.01 Å². The van der Waals surface area contributed by atoms with Crippen LogP contribution < -0.4 is 10.1 Å². The van der Waals surface area contributed by atoms with Crippen molar-refractivity contribution in [3.8, 4) is 6.01 Å². The van der Waals surface area contributed by atoms with E-state index >= 15 is 0 Å². The van der Waals surface area contributed by atoms with E-state index in [9.17, 15) is 0 Å². The lowest BCUT2D eigenvalue weighted by Gasteiger charge is -2.06. The molecule has 0 radical (unpaired) electrons. The molecular weight excluding hydrogens is 287 g/mol. The number of hydrogen-bond acceptors (Lipinski definition) is 5. The quantitative estimate of drug-likeness (QED) is 0.856. The summed E-state index contributed by atoms with van der Waals surface area (Å²) in [6.45, 7) is 3.83. The fourth-order valence-corrected chi connectivity index (χ4v) is 1.53. The summed E-state index contributed by atoms with van der Waals surface area (Å²) >= 11 is 11.6. The van der Waals surface area contributed by atoms with Gasteiger partial charge in [-0.05, 0) is 35.9 Å². The molecule has 0 saturated carbocycles. The molecule has 0 aliphatic rings. The maximum Gasteiger partial charge on any atom is 0.322 e. The van der Waals surface area contributed by atoms with E-state index in [1.54, 1.807) is 30.3 Å². The van der Waals surface area contributed by atoms with Crippen LogP contribution in [-0.4, -0.2) is 21.6 Å². The van der Waals surface area contributed by atoms with Crippen molar-refractivity contribution in [1.82, 2.24) is 15.0 Å². The number of anilines is 2. The number of nitrogens with one attached hydrogen (secondary N) is 1. The summed E-state index contributed by atoms with van der Waals surface area (Å²) in [4.78, 5) is 11.9. The number of ether oxygens (including phenoxy) is 1. The summed E-state index contributed by atoms with van der Waals surface area (Å²) in [6, 6.07) is 7.23. The van der Waals surface area contributed by atoms with Crippen molar-refractivity contribution in [2.45, 2.75) is 0 Å². The SMILES string of the molecule is C=CCOc1nc(Cl)nc(Nc2ccc(Cl)cc2)n1. The van der Waals surface area contributed by atoms with E-state index in [4.69, 9.17) is 27.9 Å². The van der Waals surface area contributed by atoms with Crippen LogP contribution >= 0.6 is 23.2 Å². The molecular formula is C12H10Cl2N4O. The topological polar surface area (TPSA) is 59.9 Å². The highest BCUT2D eigenvalue weighted by molar-refractivity contribution is 6.30. The Bertz CT molecular complexity index is 574. The molecule has 98 valence electrons. The molecule has 0 fully saturated rings. The Kier molecular flexibility index (Phi) is 4.54. The number of nitrogens with zero attached hydrogens (tertiary/aromatic N) is 3. The Balaban J connectivity index is 2.17. The maximum absolute atomic E-state index is 5.80. The van der Waals surface area contributed by atoms with Crippen molar-refractivity contribution in [3.63, 3.8) is 0 Å². The predicted molar refractivity (Wildman–Crippen MR) is 75.3 cm³/mol. The van der Waals surface area contributed by atoms with Gasteiger partial charge in [-0.1, -0.05) is 24.3 Å². The van der Waals surface area contributed by atoms with Crippen LogP contribution in [0.15, 0.2) is 36.9 Å². The molecule has 0 bridgehead atoms. The van der Waals surface area contributed by atoms with Gasteiger partial charge in [0.05, 0.1) is 0 Å². The van der Waals surface area contributed by atoms with Crippen molar-refractivity contribution < 1.29 is 4.74 Å². The van der Waals surface area contributed by atoms with Crippen LogP contribution in [0.1, 0.15) is 0 Å². The molecule has 1 aromatic heterocycles. The van der Waals surface area contributed by atoms with E-state index in [1.807, 2.05) is 0 Å². The van der Waals surface area contributed by atoms with Crippen LogP contribution in [0, 0.1) is 0 Å². The maximum atomic E-state index is 5.80. The van der Waals surface area contributed by atoms with Gasteiger partial charge in [0, 0.05) is 10.7 Å². The molecule has 0 aliphatic carbocycles. The minimum atomic E-state index is 0.0468. The summed E-state index contributed by atoms with van der Waals surface area (Å²) in [7, 11) is 0. The van der Waals surface area contributed by atoms with Gasteiger partial charge in [-0.3, -0.25) is 0 Å². The number of halogens is 2. The van der Waals surface area contributed by atoms with Gasteiger partial charge in [-0.2, -0.15) is 15.0 Å². The normalized spacial score (nSPS) is 10.0. The second-order valence-electron chi connectivity index (χ2n) is 3.44. The first-order chi connectivity index (χ1) is 9.17. The summed E-state index contributed by atoms with van der Waals surface area (Å²) in [5.41, 5.74) is 0.779. The first kappa shape index (κ1) is 13.6. The van der Waals surface area contributed by atoms with Crippen LogP contribution in [0.2, 0.25) is 10.3 Å². The van der Waals surface area contributed by atoms with Crippen LogP contribution in [0.3, 0.4) is 0 Å². The van der Waals surface area contributed by atoms with Gasteiger partial charge in [0.1, 0.15) is 6.61 Å². The minimum Gasteiger partial charge on any atom is -0.459 e. The fourth-order valence-electron chi connectivity index (χ4n) is 1.25. The number of hydrogen-bond donors (Lipinski definition) is 1. The van der Waals surface area contributed by atoms with Gasteiger partial charge in [-0.25, -0.2) is 0 Å². The molecule has 0 saturated heterocycles. The average molecular weight is 297 g/mol. The van der Waals surface area contributed by atoms with Crippen molar-refractivity contribution in [1.29, 1.82) is 0 Å². The van der Waals surface area contributed by atoms with Crippen LogP contribution in [0.4, 0.5) is 11.6 Å². The van der Waals surface area contributed by atoms with Crippen LogP contribution in [0.25, 0.3) is 0 Å². The van der Waals surface area contributed by atoms with Crippen LogP contribution in [0.5, 0.6) is 6.01 Å². The van der Waals surface area contributed by atoms with E-state index in [1.165, 1.54) is 0 Å². The molecule has 0 unspecified atom stereocenters. The molecule has 7 heteroatoms. The number of benzene rings is 1. The van der Waals surface area contributed by atoms with E-state index in [0.717, 1.165) is 5.69 Å². The van der Waals surface area contributed by atoms with E-state index < -0.39 is 0 Å². The highest BCUT2D eigenvalue weighted by Crippen LogP contribution is 2.18. The van der Waals surface area contributed by atoms with Crippen molar-refractivity contribution >= 4 is 34.8 Å². The molecule has 0 atom stereocenters. The van der Waals surface area contributed by atoms with Crippen molar-refractivity contribution in [2.75, 3.05) is 11.9 Å². The summed E-state index contributed by atoms with van der Waals surface area (Å²) in [5, 5.41) is 3.67. The third-order valence-electron chi connectivity index (χ3n) is 2.02. The summed E-state index contributed by atoms with van der Waals surface area (Å²) < 4.78 is 5.21. The Morgan fingerprint density at radius 1 is 1.16 bits per heavy atom. The largest absolute Gasteiger partial charge is 0.459 e. The van der Waals surface area contributed by atoms with E-state index in [2.05, 4.69) is 26.8 Å². The molecule has 1 aromatic carbocycles. The molecule has 5 nitrogen and oxygen atoms in total. The summed E-state index contributed by atoms with van der Waals surface area (Å²) in [5.74, 6) is 0.293. The predicted octanol–water partition coefficient (Wildman–Crippen LogP) is 3.49. The third kappa shape index (κ3) is 4.08. The second-order valence-corrected chi connectivity index (χ2v) is 4.22. The minimum absolute atomic E-state index is 0.0468. The lowest BCUT2D eigenvalue weighted by atomic mass is 10.3. The molecule has 19 heavy (non-hydrogen) atoms. The molecule has 1 heterocycles. The molecule has 1 N–H and O–H groups in total. The number of aromatic nitrogens is 3. The van der Waals surface area contributed by atoms with Gasteiger partial charge in [0.15, 0.2) is 0 Å². The first-order valence-electron chi connectivity index (χ1n) is 5.35. The lowest BCUT2D eigenvalue weighted by Crippen LogP contribution is -2.04. The smallest absolute Gasteiger partial charge is 0.322 e. The number of rotatable bonds is 5. The summed E-state index contributed by atoms with van der Waals surface area (Å²) in [6.07, 6.45) is 1.59. The van der Waals surface area contributed by atoms with Gasteiger partial charge < -0.3 is 10.1 Å². The Morgan fingerprint density at radius 3 is 2.58 bits per heavy atom. The molecule has 0 amide bonds. The zero-order valence-electron chi connectivity index (χ0n) is 9.81. The van der Waals surface area contributed by atoms with E-state index in [-0.39, 0.29) is 11.3 Å². The monoisotopic (exact) mass is 296 g/mol. The van der Waals surface area contributed by atoms with Crippen LogP contribution in [-0.2, 0) is 0 Å².